The Labute approximate surface area is 209 Å². The van der Waals surface area contributed by atoms with Gasteiger partial charge in [0, 0.05) is 34.1 Å². The van der Waals surface area contributed by atoms with Crippen LogP contribution < -0.4 is 5.32 Å². The fourth-order valence-corrected chi connectivity index (χ4v) is 4.95. The quantitative estimate of drug-likeness (QED) is 0.297. The highest BCUT2D eigenvalue weighted by atomic mass is 79.9. The number of fused-ring (bicyclic) bond motifs is 1. The molecule has 1 aromatic heterocycles. The van der Waals surface area contributed by atoms with Crippen molar-refractivity contribution >= 4 is 38.4 Å². The van der Waals surface area contributed by atoms with Gasteiger partial charge in [0.05, 0.1) is 11.2 Å². The minimum absolute atomic E-state index is 0.0686. The number of carbonyl (C=O) groups is 1. The zero-order valence-electron chi connectivity index (χ0n) is 19.1. The van der Waals surface area contributed by atoms with Crippen molar-refractivity contribution < 1.29 is 4.79 Å². The van der Waals surface area contributed by atoms with Crippen LogP contribution in [0.15, 0.2) is 83.3 Å². The van der Waals surface area contributed by atoms with Gasteiger partial charge in [-0.25, -0.2) is 4.98 Å². The van der Waals surface area contributed by atoms with Crippen molar-refractivity contribution in [1.29, 1.82) is 0 Å². The standard InChI is InChI=1S/C29H28BrN3O/c30-23-11-14-27-26(19-23)25(21-7-3-1-4-8-21)20-28(32-27)22-9-12-24(13-10-22)31-29(34)15-18-33-16-5-2-6-17-33/h1,3-4,7-14,19-20H,2,5-6,15-18H2,(H,31,34). The number of rotatable bonds is 6. The molecule has 0 atom stereocenters. The normalized spacial score (nSPS) is 14.3. The number of hydrogen-bond acceptors (Lipinski definition) is 3. The smallest absolute Gasteiger partial charge is 0.225 e. The number of nitrogens with one attached hydrogen (secondary N) is 1. The summed E-state index contributed by atoms with van der Waals surface area (Å²) in [5.41, 5.74) is 6.02. The van der Waals surface area contributed by atoms with Crippen LogP contribution in [0.5, 0.6) is 0 Å². The van der Waals surface area contributed by atoms with E-state index in [0.717, 1.165) is 63.1 Å². The minimum atomic E-state index is 0.0686. The molecule has 0 spiro atoms. The predicted octanol–water partition coefficient (Wildman–Crippen LogP) is 7.15. The number of pyridine rings is 1. The molecule has 1 amide bonds. The second kappa shape index (κ2) is 10.5. The monoisotopic (exact) mass is 513 g/mol. The van der Waals surface area contributed by atoms with Gasteiger partial charge in [0.2, 0.25) is 5.91 Å². The maximum Gasteiger partial charge on any atom is 0.225 e. The van der Waals surface area contributed by atoms with Gasteiger partial charge in [-0.1, -0.05) is 64.8 Å². The van der Waals surface area contributed by atoms with Crippen LogP contribution in [0.25, 0.3) is 33.3 Å². The van der Waals surface area contributed by atoms with E-state index in [1.165, 1.54) is 19.3 Å². The molecule has 1 aliphatic rings. The van der Waals surface area contributed by atoms with E-state index in [1.807, 2.05) is 42.5 Å². The second-order valence-electron chi connectivity index (χ2n) is 8.86. The molecule has 172 valence electrons. The summed E-state index contributed by atoms with van der Waals surface area (Å²) in [5.74, 6) is 0.0686. The Kier molecular flexibility index (Phi) is 7.02. The van der Waals surface area contributed by atoms with Crippen LogP contribution in [-0.2, 0) is 4.79 Å². The van der Waals surface area contributed by atoms with Gasteiger partial charge < -0.3 is 10.2 Å². The molecule has 1 N–H and O–H groups in total. The van der Waals surface area contributed by atoms with Crippen molar-refractivity contribution in [2.75, 3.05) is 25.0 Å². The molecule has 5 heteroatoms. The van der Waals surface area contributed by atoms with E-state index in [4.69, 9.17) is 4.98 Å². The molecule has 0 aliphatic carbocycles. The Morgan fingerprint density at radius 3 is 2.41 bits per heavy atom. The summed E-state index contributed by atoms with van der Waals surface area (Å²) in [6.45, 7) is 3.06. The molecule has 0 unspecified atom stereocenters. The molecule has 3 aromatic carbocycles. The number of halogens is 1. The predicted molar refractivity (Wildman–Crippen MR) is 144 cm³/mol. The summed E-state index contributed by atoms with van der Waals surface area (Å²) in [4.78, 5) is 19.8. The van der Waals surface area contributed by atoms with Crippen molar-refractivity contribution in [3.05, 3.63) is 83.3 Å². The summed E-state index contributed by atoms with van der Waals surface area (Å²) in [6, 6.07) is 26.7. The average Bonchev–Trinajstić information content (AvgIpc) is 2.88. The van der Waals surface area contributed by atoms with Gasteiger partial charge in [0.1, 0.15) is 0 Å². The Bertz CT molecular complexity index is 1280. The first-order chi connectivity index (χ1) is 16.7. The van der Waals surface area contributed by atoms with Crippen LogP contribution in [0, 0.1) is 0 Å². The number of aromatic nitrogens is 1. The lowest BCUT2D eigenvalue weighted by atomic mass is 9.98. The zero-order valence-corrected chi connectivity index (χ0v) is 20.7. The molecule has 2 heterocycles. The number of nitrogens with zero attached hydrogens (tertiary/aromatic N) is 2. The largest absolute Gasteiger partial charge is 0.326 e. The Balaban J connectivity index is 1.35. The lowest BCUT2D eigenvalue weighted by Gasteiger charge is -2.25. The lowest BCUT2D eigenvalue weighted by Crippen LogP contribution is -2.32. The second-order valence-corrected chi connectivity index (χ2v) is 9.78. The maximum absolute atomic E-state index is 12.4. The molecule has 1 aliphatic heterocycles. The van der Waals surface area contributed by atoms with E-state index in [9.17, 15) is 4.79 Å². The number of amides is 1. The molecule has 0 bridgehead atoms. The first-order valence-electron chi connectivity index (χ1n) is 11.9. The first-order valence-corrected chi connectivity index (χ1v) is 12.7. The Hall–Kier alpha value is -3.02. The van der Waals surface area contributed by atoms with Crippen LogP contribution in [0.4, 0.5) is 5.69 Å². The van der Waals surface area contributed by atoms with Gasteiger partial charge in [-0.2, -0.15) is 0 Å². The van der Waals surface area contributed by atoms with Crippen LogP contribution >= 0.6 is 15.9 Å². The topological polar surface area (TPSA) is 45.2 Å². The molecular formula is C29H28BrN3O. The molecule has 1 saturated heterocycles. The van der Waals surface area contributed by atoms with Gasteiger partial charge >= 0.3 is 0 Å². The van der Waals surface area contributed by atoms with Crippen LogP contribution in [0.1, 0.15) is 25.7 Å². The maximum atomic E-state index is 12.4. The highest BCUT2D eigenvalue weighted by Crippen LogP contribution is 2.33. The van der Waals surface area contributed by atoms with Crippen LogP contribution in [0.2, 0.25) is 0 Å². The summed E-state index contributed by atoms with van der Waals surface area (Å²) < 4.78 is 1.03. The molecule has 4 aromatic rings. The number of carbonyl (C=O) groups excluding carboxylic acids is 1. The van der Waals surface area contributed by atoms with E-state index in [-0.39, 0.29) is 5.91 Å². The lowest BCUT2D eigenvalue weighted by molar-refractivity contribution is -0.116. The summed E-state index contributed by atoms with van der Waals surface area (Å²) >= 11 is 3.60. The summed E-state index contributed by atoms with van der Waals surface area (Å²) in [6.07, 6.45) is 4.33. The number of anilines is 1. The SMILES string of the molecule is O=C(CCN1CCCCC1)Nc1ccc(-c2cc(-c3ccccc3)c3cc(Br)ccc3n2)cc1. The van der Waals surface area contributed by atoms with E-state index < -0.39 is 0 Å². The fraction of sp³-hybridized carbons (Fsp3) is 0.241. The van der Waals surface area contributed by atoms with Crippen molar-refractivity contribution in [2.24, 2.45) is 0 Å². The number of hydrogen-bond donors (Lipinski definition) is 1. The van der Waals surface area contributed by atoms with Crippen molar-refractivity contribution in [1.82, 2.24) is 9.88 Å². The van der Waals surface area contributed by atoms with Crippen molar-refractivity contribution in [3.63, 3.8) is 0 Å². The number of benzene rings is 3. The molecule has 5 rings (SSSR count). The first kappa shape index (κ1) is 22.8. The van der Waals surface area contributed by atoms with Gasteiger partial charge in [-0.05, 0) is 73.5 Å². The van der Waals surface area contributed by atoms with E-state index in [1.54, 1.807) is 0 Å². The molecular weight excluding hydrogens is 486 g/mol. The third-order valence-corrected chi connectivity index (χ3v) is 6.92. The van der Waals surface area contributed by atoms with Gasteiger partial charge in [-0.3, -0.25) is 4.79 Å². The van der Waals surface area contributed by atoms with Gasteiger partial charge in [-0.15, -0.1) is 0 Å². The third kappa shape index (κ3) is 5.37. The highest BCUT2D eigenvalue weighted by molar-refractivity contribution is 9.10. The van der Waals surface area contributed by atoms with Gasteiger partial charge in [0.15, 0.2) is 0 Å². The van der Waals surface area contributed by atoms with E-state index in [2.05, 4.69) is 62.5 Å². The average molecular weight is 514 g/mol. The third-order valence-electron chi connectivity index (χ3n) is 6.42. The van der Waals surface area contributed by atoms with E-state index in [0.29, 0.717) is 6.42 Å². The molecule has 0 saturated carbocycles. The van der Waals surface area contributed by atoms with Crippen molar-refractivity contribution in [2.45, 2.75) is 25.7 Å². The summed E-state index contributed by atoms with van der Waals surface area (Å²) in [7, 11) is 0. The van der Waals surface area contributed by atoms with Crippen molar-refractivity contribution in [3.8, 4) is 22.4 Å². The molecule has 4 nitrogen and oxygen atoms in total. The summed E-state index contributed by atoms with van der Waals surface area (Å²) in [5, 5.41) is 4.15. The number of likely N-dealkylation sites (tertiary alicyclic amines) is 1. The zero-order chi connectivity index (χ0) is 23.3. The fourth-order valence-electron chi connectivity index (χ4n) is 4.59. The Morgan fingerprint density at radius 2 is 1.65 bits per heavy atom. The van der Waals surface area contributed by atoms with Crippen LogP contribution in [0.3, 0.4) is 0 Å². The van der Waals surface area contributed by atoms with Crippen LogP contribution in [-0.4, -0.2) is 35.4 Å². The highest BCUT2D eigenvalue weighted by Gasteiger charge is 2.13. The van der Waals surface area contributed by atoms with Gasteiger partial charge in [0.25, 0.3) is 0 Å². The molecule has 0 radical (unpaired) electrons. The number of piperidine rings is 1. The Morgan fingerprint density at radius 1 is 0.882 bits per heavy atom. The minimum Gasteiger partial charge on any atom is -0.326 e. The molecule has 34 heavy (non-hydrogen) atoms. The van der Waals surface area contributed by atoms with E-state index >= 15 is 0 Å². The molecule has 1 fully saturated rings.